The van der Waals surface area contributed by atoms with Crippen LogP contribution in [0.3, 0.4) is 0 Å². The van der Waals surface area contributed by atoms with Crippen LogP contribution in [0.15, 0.2) is 18.2 Å². The average Bonchev–Trinajstić information content (AvgIpc) is 2.31. The lowest BCUT2D eigenvalue weighted by atomic mass is 10.2. The van der Waals surface area contributed by atoms with Crippen LogP contribution in [0, 0.1) is 5.82 Å². The third kappa shape index (κ3) is 7.29. The van der Waals surface area contributed by atoms with Gasteiger partial charge in [0.05, 0.1) is 5.02 Å². The number of alkyl carbamates (subject to hydrolysis) is 1. The fourth-order valence-electron chi connectivity index (χ4n) is 1.64. The molecule has 6 heteroatoms. The molecule has 0 aliphatic rings. The first kappa shape index (κ1) is 17.7. The maximum absolute atomic E-state index is 13.3. The molecular formula is C15H22ClFN2O2. The van der Waals surface area contributed by atoms with Gasteiger partial charge in [0, 0.05) is 19.1 Å². The monoisotopic (exact) mass is 316 g/mol. The number of rotatable bonds is 5. The zero-order valence-corrected chi connectivity index (χ0v) is 13.6. The van der Waals surface area contributed by atoms with E-state index in [-0.39, 0.29) is 11.1 Å². The topological polar surface area (TPSA) is 50.4 Å². The van der Waals surface area contributed by atoms with Crippen LogP contribution < -0.4 is 10.6 Å². The molecule has 2 N–H and O–H groups in total. The van der Waals surface area contributed by atoms with E-state index in [1.807, 2.05) is 27.7 Å². The van der Waals surface area contributed by atoms with Gasteiger partial charge >= 0.3 is 6.09 Å². The predicted molar refractivity (Wildman–Crippen MR) is 81.9 cm³/mol. The molecular weight excluding hydrogens is 295 g/mol. The summed E-state index contributed by atoms with van der Waals surface area (Å²) in [5.41, 5.74) is 0.277. The fraction of sp³-hybridized carbons (Fsp3) is 0.533. The quantitative estimate of drug-likeness (QED) is 0.874. The van der Waals surface area contributed by atoms with Gasteiger partial charge < -0.3 is 15.4 Å². The molecule has 1 rings (SSSR count). The summed E-state index contributed by atoms with van der Waals surface area (Å²) in [6, 6.07) is 4.57. The molecule has 0 saturated carbocycles. The van der Waals surface area contributed by atoms with Gasteiger partial charge in [-0.3, -0.25) is 0 Å². The van der Waals surface area contributed by atoms with E-state index < -0.39 is 17.5 Å². The number of halogens is 2. The minimum atomic E-state index is -0.516. The van der Waals surface area contributed by atoms with E-state index in [4.69, 9.17) is 16.3 Å². The lowest BCUT2D eigenvalue weighted by molar-refractivity contribution is 0.0508. The summed E-state index contributed by atoms with van der Waals surface area (Å²) in [6.45, 7) is 8.33. The molecule has 0 aliphatic heterocycles. The maximum atomic E-state index is 13.3. The molecule has 21 heavy (non-hydrogen) atoms. The summed E-state index contributed by atoms with van der Waals surface area (Å²) in [7, 11) is 0. The Hall–Kier alpha value is -1.33. The van der Waals surface area contributed by atoms with Gasteiger partial charge in [-0.1, -0.05) is 17.7 Å². The van der Waals surface area contributed by atoms with Gasteiger partial charge in [0.15, 0.2) is 0 Å². The number of hydrogen-bond donors (Lipinski definition) is 2. The largest absolute Gasteiger partial charge is 0.444 e. The first-order valence-electron chi connectivity index (χ1n) is 6.81. The van der Waals surface area contributed by atoms with Crippen molar-refractivity contribution in [2.75, 3.05) is 6.54 Å². The van der Waals surface area contributed by atoms with Crippen molar-refractivity contribution in [2.45, 2.75) is 45.9 Å². The van der Waals surface area contributed by atoms with Crippen LogP contribution in [0.4, 0.5) is 9.18 Å². The van der Waals surface area contributed by atoms with Crippen molar-refractivity contribution in [2.24, 2.45) is 0 Å². The highest BCUT2D eigenvalue weighted by molar-refractivity contribution is 6.30. The number of hydrogen-bond acceptors (Lipinski definition) is 3. The van der Waals surface area contributed by atoms with E-state index in [0.717, 1.165) is 5.56 Å². The first-order chi connectivity index (χ1) is 9.67. The third-order valence-electron chi connectivity index (χ3n) is 2.53. The van der Waals surface area contributed by atoms with Crippen molar-refractivity contribution >= 4 is 17.7 Å². The molecule has 0 fully saturated rings. The Kier molecular flexibility index (Phi) is 6.42. The normalized spacial score (nSPS) is 12.9. The van der Waals surface area contributed by atoms with Crippen LogP contribution in [-0.4, -0.2) is 24.3 Å². The number of benzene rings is 1. The van der Waals surface area contributed by atoms with Gasteiger partial charge in [0.25, 0.3) is 0 Å². The molecule has 0 bridgehead atoms. The minimum absolute atomic E-state index is 0.100. The molecule has 0 radical (unpaired) electrons. The highest BCUT2D eigenvalue weighted by Gasteiger charge is 2.17. The Bertz CT molecular complexity index is 489. The molecule has 1 aromatic carbocycles. The summed E-state index contributed by atoms with van der Waals surface area (Å²) < 4.78 is 18.4. The van der Waals surface area contributed by atoms with Crippen molar-refractivity contribution in [1.29, 1.82) is 0 Å². The van der Waals surface area contributed by atoms with Crippen LogP contribution in [-0.2, 0) is 11.3 Å². The second-order valence-corrected chi connectivity index (χ2v) is 6.33. The Morgan fingerprint density at radius 2 is 2.10 bits per heavy atom. The molecule has 1 amide bonds. The van der Waals surface area contributed by atoms with Crippen LogP contribution in [0.25, 0.3) is 0 Å². The standard InChI is InChI=1S/C15H22ClFN2O2/c1-10(19-14(20)21-15(2,3)4)8-18-9-11-5-6-12(16)13(17)7-11/h5-7,10,18H,8-9H2,1-4H3,(H,19,20). The van der Waals surface area contributed by atoms with Crippen molar-refractivity contribution in [3.8, 4) is 0 Å². The molecule has 118 valence electrons. The zero-order valence-electron chi connectivity index (χ0n) is 12.8. The van der Waals surface area contributed by atoms with Gasteiger partial charge in [0.1, 0.15) is 11.4 Å². The Morgan fingerprint density at radius 3 is 2.67 bits per heavy atom. The summed E-state index contributed by atoms with van der Waals surface area (Å²) in [5.74, 6) is -0.434. The number of carbonyl (C=O) groups is 1. The average molecular weight is 317 g/mol. The molecule has 1 aromatic rings. The second-order valence-electron chi connectivity index (χ2n) is 5.93. The molecule has 0 aromatic heterocycles. The van der Waals surface area contributed by atoms with E-state index in [2.05, 4.69) is 10.6 Å². The minimum Gasteiger partial charge on any atom is -0.444 e. The number of ether oxygens (including phenoxy) is 1. The summed E-state index contributed by atoms with van der Waals surface area (Å²) in [5, 5.41) is 5.97. The van der Waals surface area contributed by atoms with Gasteiger partial charge in [-0.2, -0.15) is 0 Å². The Morgan fingerprint density at radius 1 is 1.43 bits per heavy atom. The second kappa shape index (κ2) is 7.61. The SMILES string of the molecule is CC(CNCc1ccc(Cl)c(F)c1)NC(=O)OC(C)(C)C. The molecule has 4 nitrogen and oxygen atoms in total. The van der Waals surface area contributed by atoms with Gasteiger partial charge in [0.2, 0.25) is 0 Å². The van der Waals surface area contributed by atoms with Gasteiger partial charge in [-0.05, 0) is 45.4 Å². The first-order valence-corrected chi connectivity index (χ1v) is 7.19. The van der Waals surface area contributed by atoms with Crippen molar-refractivity contribution < 1.29 is 13.9 Å². The van der Waals surface area contributed by atoms with Crippen molar-refractivity contribution in [3.05, 3.63) is 34.6 Å². The van der Waals surface area contributed by atoms with E-state index in [1.165, 1.54) is 12.1 Å². The summed E-state index contributed by atoms with van der Waals surface area (Å²) in [4.78, 5) is 11.6. The van der Waals surface area contributed by atoms with Crippen LogP contribution in [0.1, 0.15) is 33.3 Å². The van der Waals surface area contributed by atoms with Crippen molar-refractivity contribution in [3.63, 3.8) is 0 Å². The molecule has 0 heterocycles. The zero-order chi connectivity index (χ0) is 16.0. The van der Waals surface area contributed by atoms with E-state index in [9.17, 15) is 9.18 Å². The van der Waals surface area contributed by atoms with Gasteiger partial charge in [-0.25, -0.2) is 9.18 Å². The molecule has 1 unspecified atom stereocenters. The van der Waals surface area contributed by atoms with Crippen LogP contribution >= 0.6 is 11.6 Å². The Labute approximate surface area is 130 Å². The number of amides is 1. The number of nitrogens with one attached hydrogen (secondary N) is 2. The van der Waals surface area contributed by atoms with Crippen LogP contribution in [0.2, 0.25) is 5.02 Å². The molecule has 0 saturated heterocycles. The van der Waals surface area contributed by atoms with E-state index >= 15 is 0 Å². The molecule has 0 aliphatic carbocycles. The fourth-order valence-corrected chi connectivity index (χ4v) is 1.76. The smallest absolute Gasteiger partial charge is 0.407 e. The van der Waals surface area contributed by atoms with E-state index in [1.54, 1.807) is 6.07 Å². The van der Waals surface area contributed by atoms with E-state index in [0.29, 0.717) is 13.1 Å². The molecule has 0 spiro atoms. The summed E-state index contributed by atoms with van der Waals surface area (Å²) in [6.07, 6.45) is -0.450. The number of carbonyl (C=O) groups excluding carboxylic acids is 1. The lowest BCUT2D eigenvalue weighted by Gasteiger charge is -2.22. The highest BCUT2D eigenvalue weighted by Crippen LogP contribution is 2.15. The van der Waals surface area contributed by atoms with Crippen molar-refractivity contribution in [1.82, 2.24) is 10.6 Å². The predicted octanol–water partition coefficient (Wildman–Crippen LogP) is 3.48. The lowest BCUT2D eigenvalue weighted by Crippen LogP contribution is -2.42. The Balaban J connectivity index is 2.31. The van der Waals surface area contributed by atoms with Gasteiger partial charge in [-0.15, -0.1) is 0 Å². The molecule has 1 atom stereocenters. The summed E-state index contributed by atoms with van der Waals surface area (Å²) >= 11 is 5.62. The third-order valence-corrected chi connectivity index (χ3v) is 2.83. The highest BCUT2D eigenvalue weighted by atomic mass is 35.5. The van der Waals surface area contributed by atoms with Crippen LogP contribution in [0.5, 0.6) is 0 Å². The maximum Gasteiger partial charge on any atom is 0.407 e.